The second kappa shape index (κ2) is 5.39. The monoisotopic (exact) mass is 246 g/mol. The van der Waals surface area contributed by atoms with Crippen LogP contribution in [0.2, 0.25) is 0 Å². The van der Waals surface area contributed by atoms with Crippen molar-refractivity contribution in [3.8, 4) is 0 Å². The molecule has 2 atom stereocenters. The van der Waals surface area contributed by atoms with Gasteiger partial charge in [-0.2, -0.15) is 0 Å². The highest BCUT2D eigenvalue weighted by atomic mass is 16.5. The first-order chi connectivity index (χ1) is 8.84. The normalized spacial score (nSPS) is 27.4. The molecule has 1 saturated heterocycles. The van der Waals surface area contributed by atoms with Crippen LogP contribution in [0.3, 0.4) is 0 Å². The van der Waals surface area contributed by atoms with E-state index in [1.54, 1.807) is 0 Å². The minimum atomic E-state index is 0.344. The van der Waals surface area contributed by atoms with Gasteiger partial charge in [-0.25, -0.2) is 0 Å². The van der Waals surface area contributed by atoms with Gasteiger partial charge in [-0.3, -0.25) is 4.90 Å². The van der Waals surface area contributed by atoms with Crippen LogP contribution in [0.4, 0.5) is 0 Å². The van der Waals surface area contributed by atoms with Gasteiger partial charge in [-0.05, 0) is 31.0 Å². The van der Waals surface area contributed by atoms with Crippen molar-refractivity contribution in [2.24, 2.45) is 0 Å². The molecule has 2 aliphatic rings. The first kappa shape index (κ1) is 12.2. The van der Waals surface area contributed by atoms with Crippen LogP contribution in [0.5, 0.6) is 0 Å². The molecule has 98 valence electrons. The number of benzene rings is 1. The first-order valence-electron chi connectivity index (χ1n) is 6.95. The maximum Gasteiger partial charge on any atom is 0.0826 e. The number of rotatable bonds is 3. The number of aryl methyl sites for hydroxylation is 1. The summed E-state index contributed by atoms with van der Waals surface area (Å²) >= 11 is 0. The van der Waals surface area contributed by atoms with E-state index < -0.39 is 0 Å². The third kappa shape index (κ3) is 2.44. The summed E-state index contributed by atoms with van der Waals surface area (Å²) in [4.78, 5) is 2.46. The maximum absolute atomic E-state index is 5.79. The van der Waals surface area contributed by atoms with E-state index in [1.807, 2.05) is 0 Å². The molecule has 18 heavy (non-hydrogen) atoms. The molecule has 1 heterocycles. The molecule has 1 aliphatic heterocycles. The first-order valence-corrected chi connectivity index (χ1v) is 6.95. The topological polar surface area (TPSA) is 24.5 Å². The number of ether oxygens (including phenoxy) is 1. The molecular formula is C15H22N2O. The average Bonchev–Trinajstić information content (AvgIpc) is 2.84. The highest BCUT2D eigenvalue weighted by Crippen LogP contribution is 2.34. The van der Waals surface area contributed by atoms with Crippen LogP contribution in [0.15, 0.2) is 24.3 Å². The summed E-state index contributed by atoms with van der Waals surface area (Å²) in [6, 6.07) is 9.43. The van der Waals surface area contributed by atoms with Gasteiger partial charge in [0.1, 0.15) is 0 Å². The van der Waals surface area contributed by atoms with E-state index in [9.17, 15) is 0 Å². The molecule has 1 aromatic carbocycles. The van der Waals surface area contributed by atoms with E-state index in [-0.39, 0.29) is 0 Å². The van der Waals surface area contributed by atoms with Gasteiger partial charge in [0.2, 0.25) is 0 Å². The Hall–Kier alpha value is -0.900. The lowest BCUT2D eigenvalue weighted by atomic mass is 10.1. The van der Waals surface area contributed by atoms with Crippen LogP contribution in [-0.4, -0.2) is 44.3 Å². The van der Waals surface area contributed by atoms with Gasteiger partial charge in [-0.1, -0.05) is 24.3 Å². The zero-order valence-electron chi connectivity index (χ0n) is 11.1. The summed E-state index contributed by atoms with van der Waals surface area (Å²) in [5.41, 5.74) is 3.04. The predicted octanol–water partition coefficient (Wildman–Crippen LogP) is 1.59. The van der Waals surface area contributed by atoms with E-state index in [2.05, 4.69) is 41.5 Å². The lowest BCUT2D eigenvalue weighted by Gasteiger charge is -2.31. The summed E-state index contributed by atoms with van der Waals surface area (Å²) in [5, 5.41) is 3.40. The fourth-order valence-electron chi connectivity index (χ4n) is 3.18. The zero-order chi connectivity index (χ0) is 12.4. The van der Waals surface area contributed by atoms with Gasteiger partial charge in [0.25, 0.3) is 0 Å². The largest absolute Gasteiger partial charge is 0.374 e. The minimum Gasteiger partial charge on any atom is -0.374 e. The van der Waals surface area contributed by atoms with Crippen LogP contribution in [0.1, 0.15) is 23.6 Å². The van der Waals surface area contributed by atoms with Crippen LogP contribution >= 0.6 is 0 Å². The third-order valence-corrected chi connectivity index (χ3v) is 4.13. The number of hydrogen-bond acceptors (Lipinski definition) is 3. The van der Waals surface area contributed by atoms with Gasteiger partial charge in [0, 0.05) is 25.7 Å². The summed E-state index contributed by atoms with van der Waals surface area (Å²) < 4.78 is 5.79. The molecule has 3 nitrogen and oxygen atoms in total. The second-order valence-corrected chi connectivity index (χ2v) is 5.39. The second-order valence-electron chi connectivity index (χ2n) is 5.39. The van der Waals surface area contributed by atoms with E-state index in [4.69, 9.17) is 4.74 Å². The van der Waals surface area contributed by atoms with Crippen molar-refractivity contribution in [1.29, 1.82) is 0 Å². The Labute approximate surface area is 109 Å². The number of nitrogens with zero attached hydrogens (tertiary/aromatic N) is 1. The highest BCUT2D eigenvalue weighted by molar-refractivity contribution is 5.34. The van der Waals surface area contributed by atoms with Gasteiger partial charge in [0.15, 0.2) is 0 Å². The number of fused-ring (bicyclic) bond motifs is 1. The molecule has 0 spiro atoms. The highest BCUT2D eigenvalue weighted by Gasteiger charge is 2.27. The van der Waals surface area contributed by atoms with Crippen molar-refractivity contribution in [2.45, 2.75) is 25.0 Å². The minimum absolute atomic E-state index is 0.344. The van der Waals surface area contributed by atoms with E-state index in [1.165, 1.54) is 24.0 Å². The summed E-state index contributed by atoms with van der Waals surface area (Å²) in [7, 11) is 2.23. The van der Waals surface area contributed by atoms with Crippen LogP contribution in [-0.2, 0) is 11.2 Å². The predicted molar refractivity (Wildman–Crippen MR) is 72.7 cm³/mol. The quantitative estimate of drug-likeness (QED) is 0.876. The molecular weight excluding hydrogens is 224 g/mol. The fourth-order valence-corrected chi connectivity index (χ4v) is 3.18. The lowest BCUT2D eigenvalue weighted by Crippen LogP contribution is -2.44. The van der Waals surface area contributed by atoms with Crippen molar-refractivity contribution >= 4 is 0 Å². The maximum atomic E-state index is 5.79. The van der Waals surface area contributed by atoms with E-state index in [0.29, 0.717) is 12.1 Å². The van der Waals surface area contributed by atoms with Gasteiger partial charge < -0.3 is 10.1 Å². The molecule has 0 aromatic heterocycles. The Bertz CT molecular complexity index is 401. The Morgan fingerprint density at radius 3 is 3.11 bits per heavy atom. The zero-order valence-corrected chi connectivity index (χ0v) is 11.1. The van der Waals surface area contributed by atoms with Gasteiger partial charge >= 0.3 is 0 Å². The van der Waals surface area contributed by atoms with Crippen molar-refractivity contribution in [3.05, 3.63) is 35.4 Å². The van der Waals surface area contributed by atoms with Crippen LogP contribution < -0.4 is 5.32 Å². The van der Waals surface area contributed by atoms with Gasteiger partial charge in [0.05, 0.1) is 12.7 Å². The average molecular weight is 246 g/mol. The van der Waals surface area contributed by atoms with Crippen LogP contribution in [0, 0.1) is 0 Å². The Kier molecular flexibility index (Phi) is 3.64. The molecule has 3 rings (SSSR count). The molecule has 0 bridgehead atoms. The molecule has 0 radical (unpaired) electrons. The van der Waals surface area contributed by atoms with Crippen molar-refractivity contribution in [1.82, 2.24) is 10.2 Å². The Morgan fingerprint density at radius 2 is 2.28 bits per heavy atom. The van der Waals surface area contributed by atoms with Gasteiger partial charge in [-0.15, -0.1) is 0 Å². The standard InChI is InChI=1S/C15H22N2O/c1-17(11-13-10-16-8-9-18-13)15-7-6-12-4-2-3-5-14(12)15/h2-5,13,15-16H,6-11H2,1H3. The molecule has 1 aliphatic carbocycles. The third-order valence-electron chi connectivity index (χ3n) is 4.13. The number of hydrogen-bond donors (Lipinski definition) is 1. The molecule has 0 saturated carbocycles. The number of nitrogens with one attached hydrogen (secondary N) is 1. The SMILES string of the molecule is CN(CC1CNCCO1)C1CCc2ccccc21. The molecule has 2 unspecified atom stereocenters. The molecule has 1 N–H and O–H groups in total. The van der Waals surface area contributed by atoms with Crippen molar-refractivity contribution < 1.29 is 4.74 Å². The summed E-state index contributed by atoms with van der Waals surface area (Å²) in [5.74, 6) is 0. The number of morpholine rings is 1. The summed E-state index contributed by atoms with van der Waals surface area (Å²) in [6.45, 7) is 3.84. The Morgan fingerprint density at radius 1 is 1.39 bits per heavy atom. The lowest BCUT2D eigenvalue weighted by molar-refractivity contribution is 0.00271. The molecule has 1 aromatic rings. The van der Waals surface area contributed by atoms with Crippen molar-refractivity contribution in [3.63, 3.8) is 0 Å². The smallest absolute Gasteiger partial charge is 0.0826 e. The summed E-state index contributed by atoms with van der Waals surface area (Å²) in [6.07, 6.45) is 2.81. The fraction of sp³-hybridized carbons (Fsp3) is 0.600. The van der Waals surface area contributed by atoms with Crippen LogP contribution in [0.25, 0.3) is 0 Å². The van der Waals surface area contributed by atoms with Crippen molar-refractivity contribution in [2.75, 3.05) is 33.3 Å². The van der Waals surface area contributed by atoms with E-state index in [0.717, 1.165) is 26.2 Å². The molecule has 3 heteroatoms. The van der Waals surface area contributed by atoms with E-state index >= 15 is 0 Å². The molecule has 1 fully saturated rings. The molecule has 0 amide bonds. The number of likely N-dealkylation sites (N-methyl/N-ethyl adjacent to an activating group) is 1. The Balaban J connectivity index is 1.64.